The number of rotatable bonds is 6. The normalized spacial score (nSPS) is 13.9. The maximum Gasteiger partial charge on any atom is 0.240 e. The molecule has 0 radical (unpaired) electrons. The molecule has 3 aromatic rings. The van der Waals surface area contributed by atoms with E-state index in [9.17, 15) is 17.9 Å². The first-order chi connectivity index (χ1) is 13.2. The third kappa shape index (κ3) is 4.47. The molecule has 0 fully saturated rings. The minimum absolute atomic E-state index is 0.0402. The van der Waals surface area contributed by atoms with E-state index in [1.54, 1.807) is 19.1 Å². The molecule has 28 heavy (non-hydrogen) atoms. The molecule has 0 saturated carbocycles. The third-order valence-corrected chi connectivity index (χ3v) is 6.06. The van der Waals surface area contributed by atoms with E-state index in [0.29, 0.717) is 5.56 Å². The molecule has 0 saturated heterocycles. The summed E-state index contributed by atoms with van der Waals surface area (Å²) in [7, 11) is -3.87. The van der Waals surface area contributed by atoms with Gasteiger partial charge in [-0.1, -0.05) is 54.6 Å². The van der Waals surface area contributed by atoms with Crippen LogP contribution in [0.15, 0.2) is 77.7 Å². The third-order valence-electron chi connectivity index (χ3n) is 4.66. The molecule has 0 bridgehead atoms. The van der Waals surface area contributed by atoms with Gasteiger partial charge in [-0.15, -0.1) is 0 Å². The summed E-state index contributed by atoms with van der Waals surface area (Å²) >= 11 is 0. The van der Waals surface area contributed by atoms with Gasteiger partial charge in [-0.3, -0.25) is 0 Å². The number of benzene rings is 3. The molecule has 146 valence electrons. The highest BCUT2D eigenvalue weighted by atomic mass is 32.2. The Morgan fingerprint density at radius 3 is 2.18 bits per heavy atom. The van der Waals surface area contributed by atoms with Gasteiger partial charge in [0.25, 0.3) is 0 Å². The lowest BCUT2D eigenvalue weighted by Crippen LogP contribution is -2.38. The van der Waals surface area contributed by atoms with E-state index < -0.39 is 21.4 Å². The Balaban J connectivity index is 1.75. The molecular formula is C22H22FNO3S. The van der Waals surface area contributed by atoms with E-state index in [4.69, 9.17) is 0 Å². The van der Waals surface area contributed by atoms with Gasteiger partial charge in [0.2, 0.25) is 10.0 Å². The Labute approximate surface area is 164 Å². The molecule has 0 aromatic heterocycles. The zero-order valence-corrected chi connectivity index (χ0v) is 16.5. The van der Waals surface area contributed by atoms with Crippen molar-refractivity contribution >= 4 is 10.0 Å². The summed E-state index contributed by atoms with van der Waals surface area (Å²) < 4.78 is 40.7. The Morgan fingerprint density at radius 2 is 1.57 bits per heavy atom. The van der Waals surface area contributed by atoms with Gasteiger partial charge in [0, 0.05) is 6.54 Å². The van der Waals surface area contributed by atoms with Crippen molar-refractivity contribution in [2.24, 2.45) is 0 Å². The Bertz CT molecular complexity index is 1060. The van der Waals surface area contributed by atoms with Crippen LogP contribution in [0, 0.1) is 12.7 Å². The number of aryl methyl sites for hydroxylation is 1. The van der Waals surface area contributed by atoms with Crippen LogP contribution in [0.3, 0.4) is 0 Å². The van der Waals surface area contributed by atoms with Crippen molar-refractivity contribution in [3.05, 3.63) is 89.7 Å². The highest BCUT2D eigenvalue weighted by molar-refractivity contribution is 7.89. The SMILES string of the molecule is Cc1cc(S(=O)(=O)NCC(C)(O)c2ccc(-c3ccccc3)cc2)ccc1F. The van der Waals surface area contributed by atoms with Crippen LogP contribution >= 0.6 is 0 Å². The van der Waals surface area contributed by atoms with Crippen LogP contribution in [0.1, 0.15) is 18.1 Å². The maximum absolute atomic E-state index is 13.4. The largest absolute Gasteiger partial charge is 0.384 e. The zero-order valence-electron chi connectivity index (χ0n) is 15.7. The minimum atomic E-state index is -3.87. The Kier molecular flexibility index (Phi) is 5.65. The monoisotopic (exact) mass is 399 g/mol. The molecule has 1 unspecified atom stereocenters. The number of sulfonamides is 1. The summed E-state index contributed by atoms with van der Waals surface area (Å²) in [5.74, 6) is -0.468. The van der Waals surface area contributed by atoms with E-state index in [2.05, 4.69) is 4.72 Å². The summed E-state index contributed by atoms with van der Waals surface area (Å²) in [6, 6.07) is 20.7. The maximum atomic E-state index is 13.4. The molecule has 2 N–H and O–H groups in total. The van der Waals surface area contributed by atoms with E-state index in [-0.39, 0.29) is 17.0 Å². The van der Waals surface area contributed by atoms with Crippen molar-refractivity contribution in [1.82, 2.24) is 4.72 Å². The highest BCUT2D eigenvalue weighted by Crippen LogP contribution is 2.25. The number of nitrogens with one attached hydrogen (secondary N) is 1. The predicted molar refractivity (Wildman–Crippen MR) is 108 cm³/mol. The van der Waals surface area contributed by atoms with Gasteiger partial charge < -0.3 is 5.11 Å². The Morgan fingerprint density at radius 1 is 0.964 bits per heavy atom. The van der Waals surface area contributed by atoms with E-state index in [1.807, 2.05) is 42.5 Å². The lowest BCUT2D eigenvalue weighted by Gasteiger charge is -2.24. The van der Waals surface area contributed by atoms with Gasteiger partial charge in [0.1, 0.15) is 11.4 Å². The molecule has 0 spiro atoms. The molecule has 0 aliphatic rings. The molecule has 0 heterocycles. The molecule has 0 aliphatic carbocycles. The quantitative estimate of drug-likeness (QED) is 0.659. The molecule has 3 rings (SSSR count). The van der Waals surface area contributed by atoms with Crippen molar-refractivity contribution in [1.29, 1.82) is 0 Å². The molecular weight excluding hydrogens is 377 g/mol. The predicted octanol–water partition coefficient (Wildman–Crippen LogP) is 3.99. The molecule has 4 nitrogen and oxygen atoms in total. The fourth-order valence-corrected chi connectivity index (χ4v) is 4.07. The first kappa shape index (κ1) is 20.2. The second-order valence-corrected chi connectivity index (χ2v) is 8.72. The van der Waals surface area contributed by atoms with Gasteiger partial charge >= 0.3 is 0 Å². The van der Waals surface area contributed by atoms with Gasteiger partial charge in [0.15, 0.2) is 0 Å². The van der Waals surface area contributed by atoms with Crippen LogP contribution in [-0.4, -0.2) is 20.1 Å². The average molecular weight is 399 g/mol. The minimum Gasteiger partial charge on any atom is -0.384 e. The highest BCUT2D eigenvalue weighted by Gasteiger charge is 2.26. The van der Waals surface area contributed by atoms with Gasteiger partial charge in [0.05, 0.1) is 4.90 Å². The van der Waals surface area contributed by atoms with E-state index in [0.717, 1.165) is 17.2 Å². The van der Waals surface area contributed by atoms with Crippen LogP contribution in [0.25, 0.3) is 11.1 Å². The van der Waals surface area contributed by atoms with Crippen LogP contribution in [0.2, 0.25) is 0 Å². The summed E-state index contributed by atoms with van der Waals surface area (Å²) in [6.45, 7) is 2.83. The van der Waals surface area contributed by atoms with Crippen LogP contribution < -0.4 is 4.72 Å². The summed E-state index contributed by atoms with van der Waals surface area (Å²) in [4.78, 5) is -0.0402. The first-order valence-electron chi connectivity index (χ1n) is 8.83. The summed E-state index contributed by atoms with van der Waals surface area (Å²) in [5.41, 5.74) is 1.48. The van der Waals surface area contributed by atoms with Gasteiger partial charge in [-0.05, 0) is 54.3 Å². The topological polar surface area (TPSA) is 66.4 Å². The van der Waals surface area contributed by atoms with Crippen LogP contribution in [0.5, 0.6) is 0 Å². The number of aliphatic hydroxyl groups is 1. The Hall–Kier alpha value is -2.54. The fourth-order valence-electron chi connectivity index (χ4n) is 2.86. The van der Waals surface area contributed by atoms with E-state index in [1.165, 1.54) is 19.1 Å². The van der Waals surface area contributed by atoms with Gasteiger partial charge in [-0.25, -0.2) is 17.5 Å². The van der Waals surface area contributed by atoms with Crippen LogP contribution in [-0.2, 0) is 15.6 Å². The lowest BCUT2D eigenvalue weighted by molar-refractivity contribution is 0.0627. The second kappa shape index (κ2) is 7.83. The molecule has 6 heteroatoms. The summed E-state index contributed by atoms with van der Waals surface area (Å²) in [5, 5.41) is 10.8. The second-order valence-electron chi connectivity index (χ2n) is 6.95. The number of halogens is 1. The van der Waals surface area contributed by atoms with Crippen molar-refractivity contribution in [3.8, 4) is 11.1 Å². The van der Waals surface area contributed by atoms with Gasteiger partial charge in [-0.2, -0.15) is 0 Å². The fraction of sp³-hybridized carbons (Fsp3) is 0.182. The number of hydrogen-bond acceptors (Lipinski definition) is 3. The van der Waals surface area contributed by atoms with E-state index >= 15 is 0 Å². The standard InChI is InChI=1S/C22H22FNO3S/c1-16-14-20(12-13-21(16)23)28(26,27)24-15-22(2,25)19-10-8-18(9-11-19)17-6-4-3-5-7-17/h3-14,24-25H,15H2,1-2H3. The lowest BCUT2D eigenvalue weighted by atomic mass is 9.94. The van der Waals surface area contributed by atoms with Crippen molar-refractivity contribution in [2.75, 3.05) is 6.54 Å². The van der Waals surface area contributed by atoms with Crippen LogP contribution in [0.4, 0.5) is 4.39 Å². The molecule has 1 atom stereocenters. The van der Waals surface area contributed by atoms with Crippen molar-refractivity contribution in [3.63, 3.8) is 0 Å². The smallest absolute Gasteiger partial charge is 0.240 e. The van der Waals surface area contributed by atoms with Crippen molar-refractivity contribution < 1.29 is 17.9 Å². The summed E-state index contributed by atoms with van der Waals surface area (Å²) in [6.07, 6.45) is 0. The molecule has 3 aromatic carbocycles. The van der Waals surface area contributed by atoms with Crippen molar-refractivity contribution in [2.45, 2.75) is 24.3 Å². The molecule has 0 aliphatic heterocycles. The average Bonchev–Trinajstić information content (AvgIpc) is 2.69. The number of hydrogen-bond donors (Lipinski definition) is 2. The molecule has 0 amide bonds. The first-order valence-corrected chi connectivity index (χ1v) is 10.3. The zero-order chi connectivity index (χ0) is 20.4.